The second-order valence-corrected chi connectivity index (χ2v) is 4.95. The number of H-pyrrole nitrogens is 1. The van der Waals surface area contributed by atoms with Crippen LogP contribution in [-0.2, 0) is 4.74 Å². The van der Waals surface area contributed by atoms with Crippen molar-refractivity contribution in [2.75, 3.05) is 25.1 Å². The Bertz CT molecular complexity index is 492. The average Bonchev–Trinajstić information content (AvgIpc) is 2.99. The van der Waals surface area contributed by atoms with Crippen molar-refractivity contribution in [3.8, 4) is 0 Å². The van der Waals surface area contributed by atoms with E-state index in [0.29, 0.717) is 18.2 Å². The number of carbonyl (C=O) groups excluding carboxylic acids is 1. The fraction of sp³-hybridized carbons (Fsp3) is 0.538. The highest BCUT2D eigenvalue weighted by atomic mass is 16.5. The summed E-state index contributed by atoms with van der Waals surface area (Å²) in [6.45, 7) is 3.83. The summed E-state index contributed by atoms with van der Waals surface area (Å²) in [6.07, 6.45) is 1.90. The number of aryl methyl sites for hydroxylation is 1. The third-order valence-corrected chi connectivity index (χ3v) is 3.28. The Hall–Kier alpha value is -2.02. The lowest BCUT2D eigenvalue weighted by Gasteiger charge is -2.09. The first-order valence-electron chi connectivity index (χ1n) is 6.61. The number of anilines is 1. The Balaban J connectivity index is 1.80. The van der Waals surface area contributed by atoms with E-state index < -0.39 is 12.0 Å². The van der Waals surface area contributed by atoms with Gasteiger partial charge in [0.2, 0.25) is 0 Å². The zero-order valence-electron chi connectivity index (χ0n) is 11.4. The minimum Gasteiger partial charge on any atom is -0.477 e. The SMILES string of the molecule is Cc1cc(NC(=O)NCCC2CCOC2)c(C(=O)O)[nH]1. The van der Waals surface area contributed by atoms with Crippen LogP contribution in [0.25, 0.3) is 0 Å². The van der Waals surface area contributed by atoms with Crippen LogP contribution in [0.3, 0.4) is 0 Å². The third kappa shape index (κ3) is 3.74. The molecule has 110 valence electrons. The molecule has 1 aliphatic rings. The predicted molar refractivity (Wildman–Crippen MR) is 73.1 cm³/mol. The second-order valence-electron chi connectivity index (χ2n) is 4.95. The minimum absolute atomic E-state index is 0.0122. The molecule has 0 aliphatic carbocycles. The van der Waals surface area contributed by atoms with Gasteiger partial charge in [0.25, 0.3) is 0 Å². The van der Waals surface area contributed by atoms with Crippen LogP contribution in [0.1, 0.15) is 29.0 Å². The molecule has 1 aromatic rings. The second kappa shape index (κ2) is 6.42. The molecule has 4 N–H and O–H groups in total. The summed E-state index contributed by atoms with van der Waals surface area (Å²) < 4.78 is 5.26. The number of nitrogens with one attached hydrogen (secondary N) is 3. The molecular formula is C13H19N3O4. The van der Waals surface area contributed by atoms with Crippen LogP contribution >= 0.6 is 0 Å². The molecule has 0 radical (unpaired) electrons. The number of aromatic carboxylic acids is 1. The maximum Gasteiger partial charge on any atom is 0.354 e. The minimum atomic E-state index is -1.10. The summed E-state index contributed by atoms with van der Waals surface area (Å²) in [6, 6.07) is 1.19. The summed E-state index contributed by atoms with van der Waals surface area (Å²) in [5.74, 6) is -0.601. The first-order chi connectivity index (χ1) is 9.56. The number of hydrogen-bond donors (Lipinski definition) is 4. The van der Waals surface area contributed by atoms with Gasteiger partial charge in [-0.3, -0.25) is 0 Å². The number of amides is 2. The average molecular weight is 281 g/mol. The van der Waals surface area contributed by atoms with Gasteiger partial charge in [-0.25, -0.2) is 9.59 Å². The van der Waals surface area contributed by atoms with Gasteiger partial charge in [-0.05, 0) is 31.7 Å². The molecule has 1 fully saturated rings. The molecule has 7 heteroatoms. The van der Waals surface area contributed by atoms with Gasteiger partial charge < -0.3 is 25.5 Å². The normalized spacial score (nSPS) is 17.9. The van der Waals surface area contributed by atoms with E-state index in [1.54, 1.807) is 13.0 Å². The van der Waals surface area contributed by atoms with E-state index in [1.807, 2.05) is 0 Å². The molecule has 1 aromatic heterocycles. The number of carboxylic acids is 1. The van der Waals surface area contributed by atoms with E-state index in [2.05, 4.69) is 15.6 Å². The lowest BCUT2D eigenvalue weighted by Crippen LogP contribution is -2.31. The maximum atomic E-state index is 11.7. The molecule has 2 amide bonds. The Morgan fingerprint density at radius 3 is 3.00 bits per heavy atom. The van der Waals surface area contributed by atoms with Crippen molar-refractivity contribution in [3.05, 3.63) is 17.5 Å². The number of carbonyl (C=O) groups is 2. The highest BCUT2D eigenvalue weighted by molar-refractivity contribution is 5.99. The summed E-state index contributed by atoms with van der Waals surface area (Å²) in [5, 5.41) is 14.3. The van der Waals surface area contributed by atoms with Gasteiger partial charge in [-0.2, -0.15) is 0 Å². The fourth-order valence-electron chi connectivity index (χ4n) is 2.22. The van der Waals surface area contributed by atoms with E-state index in [-0.39, 0.29) is 11.4 Å². The van der Waals surface area contributed by atoms with E-state index in [4.69, 9.17) is 9.84 Å². The van der Waals surface area contributed by atoms with E-state index in [1.165, 1.54) is 0 Å². The number of aromatic nitrogens is 1. The van der Waals surface area contributed by atoms with Crippen molar-refractivity contribution in [2.45, 2.75) is 19.8 Å². The number of hydrogen-bond acceptors (Lipinski definition) is 3. The number of rotatable bonds is 5. The lowest BCUT2D eigenvalue weighted by molar-refractivity contribution is 0.0692. The molecule has 1 atom stereocenters. The third-order valence-electron chi connectivity index (χ3n) is 3.28. The van der Waals surface area contributed by atoms with Gasteiger partial charge in [0.05, 0.1) is 5.69 Å². The quantitative estimate of drug-likeness (QED) is 0.657. The molecule has 0 aromatic carbocycles. The van der Waals surface area contributed by atoms with Crippen LogP contribution in [-0.4, -0.2) is 41.8 Å². The molecule has 2 heterocycles. The van der Waals surface area contributed by atoms with E-state index >= 15 is 0 Å². The highest BCUT2D eigenvalue weighted by Gasteiger charge is 2.17. The van der Waals surface area contributed by atoms with Crippen molar-refractivity contribution in [1.29, 1.82) is 0 Å². The van der Waals surface area contributed by atoms with Crippen LogP contribution in [0.5, 0.6) is 0 Å². The molecule has 1 aliphatic heterocycles. The van der Waals surface area contributed by atoms with E-state index in [9.17, 15) is 9.59 Å². The Morgan fingerprint density at radius 2 is 2.35 bits per heavy atom. The zero-order chi connectivity index (χ0) is 14.5. The van der Waals surface area contributed by atoms with Crippen LogP contribution < -0.4 is 10.6 Å². The maximum absolute atomic E-state index is 11.7. The van der Waals surface area contributed by atoms with Crippen molar-refractivity contribution in [2.24, 2.45) is 5.92 Å². The Morgan fingerprint density at radius 1 is 1.55 bits per heavy atom. The standard InChI is InChI=1S/C13H19N3O4/c1-8-6-10(11(15-8)12(17)18)16-13(19)14-4-2-9-3-5-20-7-9/h6,9,15H,2-5,7H2,1H3,(H,17,18)(H2,14,16,19). The lowest BCUT2D eigenvalue weighted by atomic mass is 10.1. The molecule has 1 unspecified atom stereocenters. The summed E-state index contributed by atoms with van der Waals surface area (Å²) in [5.41, 5.74) is 0.944. The number of aromatic amines is 1. The van der Waals surface area contributed by atoms with Crippen LogP contribution in [0, 0.1) is 12.8 Å². The number of ether oxygens (including phenoxy) is 1. The van der Waals surface area contributed by atoms with Crippen molar-refractivity contribution in [3.63, 3.8) is 0 Å². The monoisotopic (exact) mass is 281 g/mol. The molecule has 0 bridgehead atoms. The molecule has 0 spiro atoms. The summed E-state index contributed by atoms with van der Waals surface area (Å²) in [4.78, 5) is 25.4. The molecule has 1 saturated heterocycles. The fourth-order valence-corrected chi connectivity index (χ4v) is 2.22. The topological polar surface area (TPSA) is 103 Å². The first kappa shape index (κ1) is 14.4. The smallest absolute Gasteiger partial charge is 0.354 e. The van der Waals surface area contributed by atoms with Gasteiger partial charge >= 0.3 is 12.0 Å². The van der Waals surface area contributed by atoms with Crippen molar-refractivity contribution in [1.82, 2.24) is 10.3 Å². The van der Waals surface area contributed by atoms with Crippen molar-refractivity contribution < 1.29 is 19.4 Å². The summed E-state index contributed by atoms with van der Waals surface area (Å²) in [7, 11) is 0. The van der Waals surface area contributed by atoms with Crippen molar-refractivity contribution >= 4 is 17.7 Å². The highest BCUT2D eigenvalue weighted by Crippen LogP contribution is 2.17. The number of carboxylic acid groups (broad SMARTS) is 1. The summed E-state index contributed by atoms with van der Waals surface area (Å²) >= 11 is 0. The molecule has 0 saturated carbocycles. The van der Waals surface area contributed by atoms with Gasteiger partial charge in [0, 0.05) is 25.5 Å². The van der Waals surface area contributed by atoms with Gasteiger partial charge in [0.1, 0.15) is 5.69 Å². The van der Waals surface area contributed by atoms with Crippen LogP contribution in [0.2, 0.25) is 0 Å². The Kier molecular flexibility index (Phi) is 4.62. The molecule has 20 heavy (non-hydrogen) atoms. The molecule has 2 rings (SSSR count). The largest absolute Gasteiger partial charge is 0.477 e. The molecule has 7 nitrogen and oxygen atoms in total. The molecular weight excluding hydrogens is 262 g/mol. The van der Waals surface area contributed by atoms with Gasteiger partial charge in [0.15, 0.2) is 0 Å². The van der Waals surface area contributed by atoms with Gasteiger partial charge in [-0.1, -0.05) is 0 Å². The van der Waals surface area contributed by atoms with Crippen LogP contribution in [0.15, 0.2) is 6.07 Å². The van der Waals surface area contributed by atoms with Crippen LogP contribution in [0.4, 0.5) is 10.5 Å². The van der Waals surface area contributed by atoms with E-state index in [0.717, 1.165) is 26.1 Å². The Labute approximate surface area is 116 Å². The number of urea groups is 1. The zero-order valence-corrected chi connectivity index (χ0v) is 11.4. The predicted octanol–water partition coefficient (Wildman–Crippen LogP) is 1.57. The first-order valence-corrected chi connectivity index (χ1v) is 6.61. The van der Waals surface area contributed by atoms with Gasteiger partial charge in [-0.15, -0.1) is 0 Å².